The molecule has 0 saturated carbocycles. The molecule has 0 bridgehead atoms. The summed E-state index contributed by atoms with van der Waals surface area (Å²) < 4.78 is 5.38. The summed E-state index contributed by atoms with van der Waals surface area (Å²) in [6.45, 7) is 3.12. The van der Waals surface area contributed by atoms with Crippen LogP contribution in [0.15, 0.2) is 11.8 Å². The largest absolute Gasteiger partial charge is 0.498 e. The van der Waals surface area contributed by atoms with Crippen LogP contribution in [0.25, 0.3) is 0 Å². The highest BCUT2D eigenvalue weighted by Gasteiger charge is 2.00. The maximum atomic E-state index is 5.38. The van der Waals surface area contributed by atoms with Crippen molar-refractivity contribution in [2.75, 3.05) is 6.61 Å². The minimum atomic E-state index is 0.936. The summed E-state index contributed by atoms with van der Waals surface area (Å²) in [4.78, 5) is 0. The molecule has 9 heavy (non-hydrogen) atoms. The van der Waals surface area contributed by atoms with Gasteiger partial charge in [0.25, 0.3) is 0 Å². The van der Waals surface area contributed by atoms with E-state index in [4.69, 9.17) is 4.74 Å². The molecule has 0 aromatic heterocycles. The van der Waals surface area contributed by atoms with Crippen molar-refractivity contribution in [1.82, 2.24) is 0 Å². The first-order valence-corrected chi connectivity index (χ1v) is 3.75. The Hall–Kier alpha value is -0.460. The fourth-order valence-electron chi connectivity index (χ4n) is 1.03. The monoisotopic (exact) mass is 126 g/mol. The Morgan fingerprint density at radius 2 is 2.56 bits per heavy atom. The van der Waals surface area contributed by atoms with E-state index in [1.165, 1.54) is 25.0 Å². The molecular formula is C8H14O. The zero-order chi connectivity index (χ0) is 6.53. The average Bonchev–Trinajstić information content (AvgIpc) is 1.91. The second kappa shape index (κ2) is 3.54. The minimum Gasteiger partial charge on any atom is -0.498 e. The topological polar surface area (TPSA) is 9.23 Å². The van der Waals surface area contributed by atoms with Crippen LogP contribution in [0.3, 0.4) is 0 Å². The fraction of sp³-hybridized carbons (Fsp3) is 0.750. The molecule has 0 aromatic carbocycles. The molecule has 0 radical (unpaired) electrons. The van der Waals surface area contributed by atoms with Crippen molar-refractivity contribution in [3.8, 4) is 0 Å². The van der Waals surface area contributed by atoms with Gasteiger partial charge in [0.15, 0.2) is 0 Å². The number of rotatable bonds is 2. The molecule has 0 aliphatic carbocycles. The second-order valence-electron chi connectivity index (χ2n) is 2.41. The van der Waals surface area contributed by atoms with Crippen LogP contribution in [0, 0.1) is 0 Å². The van der Waals surface area contributed by atoms with Gasteiger partial charge in [-0.15, -0.1) is 0 Å². The minimum absolute atomic E-state index is 0.936. The number of ether oxygens (including phenoxy) is 1. The molecule has 0 aromatic rings. The Labute approximate surface area is 56.7 Å². The lowest BCUT2D eigenvalue weighted by Crippen LogP contribution is -2.00. The fourth-order valence-corrected chi connectivity index (χ4v) is 1.03. The first-order valence-electron chi connectivity index (χ1n) is 3.75. The average molecular weight is 126 g/mol. The molecule has 0 fully saturated rings. The summed E-state index contributed by atoms with van der Waals surface area (Å²) in [5, 5.41) is 0. The molecule has 1 heterocycles. The highest BCUT2D eigenvalue weighted by atomic mass is 16.5. The predicted molar refractivity (Wildman–Crippen MR) is 38.2 cm³/mol. The smallest absolute Gasteiger partial charge is 0.0919 e. The molecule has 1 heteroatoms. The lowest BCUT2D eigenvalue weighted by atomic mass is 10.2. The van der Waals surface area contributed by atoms with E-state index in [9.17, 15) is 0 Å². The van der Waals surface area contributed by atoms with E-state index in [1.807, 2.05) is 0 Å². The maximum absolute atomic E-state index is 5.38. The quantitative estimate of drug-likeness (QED) is 0.552. The van der Waals surface area contributed by atoms with Gasteiger partial charge >= 0.3 is 0 Å². The van der Waals surface area contributed by atoms with Crippen molar-refractivity contribution in [3.63, 3.8) is 0 Å². The third-order valence-corrected chi connectivity index (χ3v) is 1.50. The van der Waals surface area contributed by atoms with Gasteiger partial charge in [-0.1, -0.05) is 6.92 Å². The summed E-state index contributed by atoms with van der Waals surface area (Å²) in [6, 6.07) is 0. The zero-order valence-electron chi connectivity index (χ0n) is 6.02. The molecule has 1 nitrogen and oxygen atoms in total. The molecule has 0 atom stereocenters. The molecule has 0 N–H and O–H groups in total. The van der Waals surface area contributed by atoms with Gasteiger partial charge in [-0.3, -0.25) is 0 Å². The Morgan fingerprint density at radius 3 is 3.11 bits per heavy atom. The van der Waals surface area contributed by atoms with Crippen LogP contribution in [-0.2, 0) is 4.74 Å². The van der Waals surface area contributed by atoms with Crippen molar-refractivity contribution in [1.29, 1.82) is 0 Å². The van der Waals surface area contributed by atoms with Crippen LogP contribution >= 0.6 is 0 Å². The van der Waals surface area contributed by atoms with Gasteiger partial charge in [0, 0.05) is 6.42 Å². The van der Waals surface area contributed by atoms with E-state index in [0.29, 0.717) is 0 Å². The molecule has 52 valence electrons. The molecule has 0 unspecified atom stereocenters. The first kappa shape index (κ1) is 6.66. The summed E-state index contributed by atoms with van der Waals surface area (Å²) in [6.07, 6.45) is 6.96. The van der Waals surface area contributed by atoms with E-state index >= 15 is 0 Å². The summed E-state index contributed by atoms with van der Waals surface area (Å²) in [7, 11) is 0. The van der Waals surface area contributed by atoms with Crippen LogP contribution in [0.2, 0.25) is 0 Å². The molecule has 1 aliphatic rings. The number of hydrogen-bond donors (Lipinski definition) is 0. The lowest BCUT2D eigenvalue weighted by Gasteiger charge is -2.13. The predicted octanol–water partition coefficient (Wildman–Crippen LogP) is 2.48. The SMILES string of the molecule is CCCC1=CCCCO1. The molecular weight excluding hydrogens is 112 g/mol. The summed E-state index contributed by atoms with van der Waals surface area (Å²) in [5.41, 5.74) is 0. The Kier molecular flexibility index (Phi) is 2.62. The van der Waals surface area contributed by atoms with Crippen LogP contribution in [-0.4, -0.2) is 6.61 Å². The van der Waals surface area contributed by atoms with Crippen molar-refractivity contribution in [2.24, 2.45) is 0 Å². The second-order valence-corrected chi connectivity index (χ2v) is 2.41. The van der Waals surface area contributed by atoms with Crippen molar-refractivity contribution >= 4 is 0 Å². The third-order valence-electron chi connectivity index (χ3n) is 1.50. The Bertz CT molecular complexity index is 105. The summed E-state index contributed by atoms with van der Waals surface area (Å²) in [5.74, 6) is 1.21. The Balaban J connectivity index is 2.28. The molecule has 0 amide bonds. The van der Waals surface area contributed by atoms with E-state index in [0.717, 1.165) is 13.0 Å². The normalized spacial score (nSPS) is 18.6. The lowest BCUT2D eigenvalue weighted by molar-refractivity contribution is 0.183. The Morgan fingerprint density at radius 1 is 1.67 bits per heavy atom. The van der Waals surface area contributed by atoms with E-state index in [-0.39, 0.29) is 0 Å². The van der Waals surface area contributed by atoms with Gasteiger partial charge in [-0.05, 0) is 25.3 Å². The molecule has 0 saturated heterocycles. The first-order chi connectivity index (χ1) is 4.43. The molecule has 1 rings (SSSR count). The van der Waals surface area contributed by atoms with Gasteiger partial charge in [-0.2, -0.15) is 0 Å². The number of allylic oxidation sites excluding steroid dienone is 2. The van der Waals surface area contributed by atoms with Crippen molar-refractivity contribution < 1.29 is 4.74 Å². The van der Waals surface area contributed by atoms with Crippen molar-refractivity contribution in [3.05, 3.63) is 11.8 Å². The maximum Gasteiger partial charge on any atom is 0.0919 e. The van der Waals surface area contributed by atoms with E-state index < -0.39 is 0 Å². The van der Waals surface area contributed by atoms with Crippen LogP contribution in [0.5, 0.6) is 0 Å². The van der Waals surface area contributed by atoms with Gasteiger partial charge in [0.1, 0.15) is 0 Å². The number of hydrogen-bond acceptors (Lipinski definition) is 1. The zero-order valence-corrected chi connectivity index (χ0v) is 6.02. The van der Waals surface area contributed by atoms with Crippen LogP contribution < -0.4 is 0 Å². The highest BCUT2D eigenvalue weighted by molar-refractivity contribution is 4.95. The van der Waals surface area contributed by atoms with Crippen LogP contribution in [0.4, 0.5) is 0 Å². The van der Waals surface area contributed by atoms with E-state index in [1.54, 1.807) is 0 Å². The van der Waals surface area contributed by atoms with Crippen molar-refractivity contribution in [2.45, 2.75) is 32.6 Å². The van der Waals surface area contributed by atoms with Gasteiger partial charge < -0.3 is 4.74 Å². The van der Waals surface area contributed by atoms with Crippen LogP contribution in [0.1, 0.15) is 32.6 Å². The third kappa shape index (κ3) is 2.08. The molecule has 0 spiro atoms. The van der Waals surface area contributed by atoms with Gasteiger partial charge in [-0.25, -0.2) is 0 Å². The van der Waals surface area contributed by atoms with E-state index in [2.05, 4.69) is 13.0 Å². The highest BCUT2D eigenvalue weighted by Crippen LogP contribution is 2.13. The molecule has 1 aliphatic heterocycles. The van der Waals surface area contributed by atoms with Gasteiger partial charge in [0.2, 0.25) is 0 Å². The van der Waals surface area contributed by atoms with Gasteiger partial charge in [0.05, 0.1) is 12.4 Å². The standard InChI is InChI=1S/C8H14O/c1-2-5-8-6-3-4-7-9-8/h6H,2-5,7H2,1H3. The summed E-state index contributed by atoms with van der Waals surface area (Å²) >= 11 is 0.